The number of rotatable bonds is 11. The lowest BCUT2D eigenvalue weighted by Crippen LogP contribution is -2.24. The number of hydrogen-bond acceptors (Lipinski definition) is 8. The molecule has 0 amide bonds. The van der Waals surface area contributed by atoms with Crippen LogP contribution in [0.5, 0.6) is 0 Å². The van der Waals surface area contributed by atoms with Crippen molar-refractivity contribution in [3.05, 3.63) is 0 Å². The van der Waals surface area contributed by atoms with Crippen molar-refractivity contribution >= 4 is 15.6 Å². The molecule has 0 aromatic carbocycles. The molecule has 0 aromatic heterocycles. The molecule has 0 fully saturated rings. The highest BCUT2D eigenvalue weighted by molar-refractivity contribution is 7.61. The van der Waals surface area contributed by atoms with E-state index in [1.54, 1.807) is 0 Å². The lowest BCUT2D eigenvalue weighted by atomic mass is 10.3. The number of phosphoric ester groups is 1. The monoisotopic (exact) mass is 322 g/mol. The second kappa shape index (κ2) is 9.15. The van der Waals surface area contributed by atoms with Gasteiger partial charge in [0, 0.05) is 6.61 Å². The molecular formula is C7H20N2O8P2. The van der Waals surface area contributed by atoms with Crippen molar-refractivity contribution in [2.45, 2.75) is 25.5 Å². The second-order valence-corrected chi connectivity index (χ2v) is 6.50. The first-order valence-corrected chi connectivity index (χ1v) is 8.48. The van der Waals surface area contributed by atoms with Gasteiger partial charge in [-0.05, 0) is 25.8 Å². The minimum absolute atomic E-state index is 0.0932. The Morgan fingerprint density at radius 1 is 1.21 bits per heavy atom. The van der Waals surface area contributed by atoms with Crippen LogP contribution in [-0.2, 0) is 22.5 Å². The van der Waals surface area contributed by atoms with E-state index in [0.29, 0.717) is 13.0 Å². The number of aliphatic hydroxyl groups is 1. The highest BCUT2D eigenvalue weighted by Gasteiger charge is 2.37. The summed E-state index contributed by atoms with van der Waals surface area (Å²) < 4.78 is 36.0. The fourth-order valence-electron chi connectivity index (χ4n) is 0.982. The summed E-state index contributed by atoms with van der Waals surface area (Å²) in [7, 11) is -9.58. The van der Waals surface area contributed by atoms with Crippen molar-refractivity contribution in [1.82, 2.24) is 0 Å². The average Bonchev–Trinajstić information content (AvgIpc) is 2.23. The smallest absolute Gasteiger partial charge is 0.396 e. The van der Waals surface area contributed by atoms with Crippen molar-refractivity contribution < 1.29 is 37.4 Å². The Hall–Kier alpha value is 0.140. The zero-order chi connectivity index (χ0) is 14.9. The van der Waals surface area contributed by atoms with Crippen molar-refractivity contribution in [2.75, 3.05) is 19.8 Å². The third kappa shape index (κ3) is 10.6. The van der Waals surface area contributed by atoms with E-state index in [-0.39, 0.29) is 26.1 Å². The van der Waals surface area contributed by atoms with Crippen LogP contribution < -0.4 is 11.5 Å². The first-order chi connectivity index (χ1) is 8.72. The summed E-state index contributed by atoms with van der Waals surface area (Å²) in [5, 5.41) is 8.55. The van der Waals surface area contributed by atoms with Gasteiger partial charge in [0.1, 0.15) is 6.23 Å². The first-order valence-electron chi connectivity index (χ1n) is 5.49. The summed E-state index contributed by atoms with van der Waals surface area (Å²) in [6, 6.07) is 0. The summed E-state index contributed by atoms with van der Waals surface area (Å²) in [5.74, 6) is 0. The van der Waals surface area contributed by atoms with E-state index in [1.807, 2.05) is 0 Å². The molecule has 0 spiro atoms. The summed E-state index contributed by atoms with van der Waals surface area (Å²) in [6.07, 6.45) is -0.326. The van der Waals surface area contributed by atoms with Gasteiger partial charge in [-0.1, -0.05) is 0 Å². The molecule has 0 radical (unpaired) electrons. The van der Waals surface area contributed by atoms with Crippen LogP contribution in [-0.4, -0.2) is 40.9 Å². The average molecular weight is 322 g/mol. The van der Waals surface area contributed by atoms with Crippen molar-refractivity contribution in [3.8, 4) is 0 Å². The van der Waals surface area contributed by atoms with Gasteiger partial charge in [0.25, 0.3) is 0 Å². The van der Waals surface area contributed by atoms with E-state index in [0.717, 1.165) is 0 Å². The highest BCUT2D eigenvalue weighted by atomic mass is 31.3. The third-order valence-electron chi connectivity index (χ3n) is 1.72. The molecule has 0 aliphatic heterocycles. The Balaban J connectivity index is 4.56. The first kappa shape index (κ1) is 19.1. The maximum absolute atomic E-state index is 11.9. The Morgan fingerprint density at radius 3 is 2.32 bits per heavy atom. The largest absolute Gasteiger partial charge is 0.485 e. The van der Waals surface area contributed by atoms with Gasteiger partial charge in [-0.25, -0.2) is 9.13 Å². The van der Waals surface area contributed by atoms with E-state index in [4.69, 9.17) is 30.9 Å². The molecule has 0 aliphatic carbocycles. The molecule has 2 atom stereocenters. The maximum atomic E-state index is 11.9. The van der Waals surface area contributed by atoms with E-state index >= 15 is 0 Å². The van der Waals surface area contributed by atoms with Crippen LogP contribution in [0.4, 0.5) is 0 Å². The number of aliphatic hydroxyl groups excluding tert-OH is 1. The van der Waals surface area contributed by atoms with E-state index in [9.17, 15) is 9.13 Å². The van der Waals surface area contributed by atoms with Gasteiger partial charge in [0.2, 0.25) is 0 Å². The van der Waals surface area contributed by atoms with Crippen LogP contribution in [0, 0.1) is 0 Å². The normalized spacial score (nSPS) is 17.1. The Morgan fingerprint density at radius 2 is 1.84 bits per heavy atom. The van der Waals surface area contributed by atoms with E-state index in [1.165, 1.54) is 0 Å². The lowest BCUT2D eigenvalue weighted by Gasteiger charge is -2.21. The minimum atomic E-state index is -5.07. The molecule has 0 saturated carbocycles. The molecule has 12 heteroatoms. The lowest BCUT2D eigenvalue weighted by molar-refractivity contribution is 0.0935. The zero-order valence-electron chi connectivity index (χ0n) is 10.3. The maximum Gasteiger partial charge on any atom is 0.485 e. The Labute approximate surface area is 110 Å². The second-order valence-electron chi connectivity index (χ2n) is 3.50. The number of hydrogen-bond donors (Lipinski definition) is 5. The topological polar surface area (TPSA) is 175 Å². The van der Waals surface area contributed by atoms with Gasteiger partial charge in [-0.2, -0.15) is 4.31 Å². The standard InChI is InChI=1S/C7H20N2O8P2/c8-4-1-3-7(9)16-19(14,15-6-2-5-10)17-18(11,12)13/h7,10H,1-6,8-9H2,(H2,11,12,13). The molecule has 0 saturated heterocycles. The van der Waals surface area contributed by atoms with Crippen LogP contribution in [0.15, 0.2) is 0 Å². The van der Waals surface area contributed by atoms with Crippen LogP contribution >= 0.6 is 15.6 Å². The molecule has 19 heavy (non-hydrogen) atoms. The van der Waals surface area contributed by atoms with Crippen molar-refractivity contribution in [1.29, 1.82) is 0 Å². The molecule has 10 nitrogen and oxygen atoms in total. The van der Waals surface area contributed by atoms with Gasteiger partial charge in [-0.15, -0.1) is 0 Å². The summed E-state index contributed by atoms with van der Waals surface area (Å²) in [5.41, 5.74) is 10.7. The van der Waals surface area contributed by atoms with Crippen molar-refractivity contribution in [2.24, 2.45) is 11.5 Å². The molecule has 0 aromatic rings. The third-order valence-corrected chi connectivity index (χ3v) is 4.39. The highest BCUT2D eigenvalue weighted by Crippen LogP contribution is 2.61. The fourth-order valence-corrected chi connectivity index (χ4v) is 3.22. The molecular weight excluding hydrogens is 302 g/mol. The van der Waals surface area contributed by atoms with E-state index < -0.39 is 21.9 Å². The molecule has 116 valence electrons. The Bertz CT molecular complexity index is 335. The van der Waals surface area contributed by atoms with Crippen molar-refractivity contribution in [3.63, 3.8) is 0 Å². The van der Waals surface area contributed by atoms with E-state index in [2.05, 4.69) is 8.83 Å². The van der Waals surface area contributed by atoms with Crippen LogP contribution in [0.25, 0.3) is 0 Å². The van der Waals surface area contributed by atoms with Crippen LogP contribution in [0.1, 0.15) is 19.3 Å². The predicted octanol–water partition coefficient (Wildman–Crippen LogP) is -0.357. The van der Waals surface area contributed by atoms with Crippen LogP contribution in [0.2, 0.25) is 0 Å². The molecule has 0 heterocycles. The summed E-state index contributed by atoms with van der Waals surface area (Å²) in [6.45, 7) is -0.196. The fraction of sp³-hybridized carbons (Fsp3) is 1.00. The SMILES string of the molecule is NCCCC(N)OP(=O)(OCCCO)OP(=O)(O)O. The molecule has 0 rings (SSSR count). The quantitative estimate of drug-likeness (QED) is 0.192. The zero-order valence-corrected chi connectivity index (χ0v) is 12.0. The molecule has 0 bridgehead atoms. The minimum Gasteiger partial charge on any atom is -0.396 e. The molecule has 7 N–H and O–H groups in total. The summed E-state index contributed by atoms with van der Waals surface area (Å²) in [4.78, 5) is 17.3. The number of phosphoric acid groups is 2. The molecule has 0 aliphatic rings. The Kier molecular flexibility index (Phi) is 9.21. The number of nitrogens with two attached hydrogens (primary N) is 2. The van der Waals surface area contributed by atoms with Gasteiger partial charge in [0.15, 0.2) is 0 Å². The van der Waals surface area contributed by atoms with Crippen LogP contribution in [0.3, 0.4) is 0 Å². The van der Waals surface area contributed by atoms with Gasteiger partial charge < -0.3 is 26.4 Å². The van der Waals surface area contributed by atoms with Gasteiger partial charge >= 0.3 is 15.6 Å². The predicted molar refractivity (Wildman–Crippen MR) is 65.7 cm³/mol. The summed E-state index contributed by atoms with van der Waals surface area (Å²) >= 11 is 0. The van der Waals surface area contributed by atoms with Gasteiger partial charge in [0.05, 0.1) is 6.61 Å². The molecule has 2 unspecified atom stereocenters. The van der Waals surface area contributed by atoms with Gasteiger partial charge in [-0.3, -0.25) is 9.05 Å².